The highest BCUT2D eigenvalue weighted by Gasteiger charge is 2.48. The van der Waals surface area contributed by atoms with Gasteiger partial charge in [0.1, 0.15) is 31.0 Å². The summed E-state index contributed by atoms with van der Waals surface area (Å²) in [5.74, 6) is -1.57. The van der Waals surface area contributed by atoms with Crippen molar-refractivity contribution in [2.24, 2.45) is 39.4 Å². The van der Waals surface area contributed by atoms with Crippen LogP contribution in [0.5, 0.6) is 0 Å². The molecule has 3 aliphatic heterocycles. The van der Waals surface area contributed by atoms with E-state index in [1.807, 2.05) is 0 Å². The van der Waals surface area contributed by atoms with Crippen LogP contribution in [0.15, 0.2) is 4.99 Å². The highest BCUT2D eigenvalue weighted by atomic mass is 16.6. The molecule has 22 N–H and O–H groups in total. The van der Waals surface area contributed by atoms with Crippen molar-refractivity contribution < 1.29 is 53.6 Å². The maximum atomic E-state index is 13.1. The lowest BCUT2D eigenvalue weighted by Gasteiger charge is -2.43. The first-order valence-electron chi connectivity index (χ1n) is 21.3. The lowest BCUT2D eigenvalue weighted by molar-refractivity contribution is -0.198. The Morgan fingerprint density at radius 2 is 1.24 bits per heavy atom. The molecule has 0 radical (unpaired) electrons. The van der Waals surface area contributed by atoms with E-state index in [0.29, 0.717) is 64.6 Å². The molecule has 6 amide bonds. The number of aliphatic hydroxyl groups is 3. The molecule has 3 rings (SSSR count). The lowest BCUT2D eigenvalue weighted by Crippen LogP contribution is -2.69. The predicted octanol–water partition coefficient (Wildman–Crippen LogP) is -6.91. The van der Waals surface area contributed by atoms with Crippen LogP contribution in [-0.4, -0.2) is 169 Å². The molecule has 12 atom stereocenters. The normalized spacial score (nSPS) is 26.3. The average Bonchev–Trinajstić information content (AvgIpc) is 3.64. The van der Waals surface area contributed by atoms with Gasteiger partial charge in [-0.3, -0.25) is 24.0 Å². The molecule has 0 saturated carbocycles. The van der Waals surface area contributed by atoms with E-state index in [0.717, 1.165) is 6.42 Å². The van der Waals surface area contributed by atoms with Gasteiger partial charge in [0.25, 0.3) is 0 Å². The zero-order valence-electron chi connectivity index (χ0n) is 35.2. The molecule has 25 nitrogen and oxygen atoms in total. The third kappa shape index (κ3) is 18.5. The van der Waals surface area contributed by atoms with E-state index in [1.165, 1.54) is 0 Å². The number of primary amides is 1. The largest absolute Gasteiger partial charge is 0.447 e. The van der Waals surface area contributed by atoms with Gasteiger partial charge in [0.05, 0.1) is 12.1 Å². The number of nitrogens with two attached hydrogens (primary N) is 6. The number of nitrogens with one attached hydrogen (secondary N) is 7. The van der Waals surface area contributed by atoms with E-state index >= 15 is 0 Å². The van der Waals surface area contributed by atoms with Gasteiger partial charge in [0, 0.05) is 76.0 Å². The monoisotopic (exact) mass is 887 g/mol. The number of fused-ring (bicyclic) bond motifs is 1. The number of amides is 6. The molecular formula is C37H70N14O11. The summed E-state index contributed by atoms with van der Waals surface area (Å²) in [6.45, 7) is 1.12. The van der Waals surface area contributed by atoms with Crippen LogP contribution in [0.25, 0.3) is 0 Å². The van der Waals surface area contributed by atoms with Crippen LogP contribution in [0.3, 0.4) is 0 Å². The number of rotatable bonds is 27. The van der Waals surface area contributed by atoms with Crippen LogP contribution < -0.4 is 71.6 Å². The molecule has 25 heteroatoms. The van der Waals surface area contributed by atoms with Crippen molar-refractivity contribution in [3.8, 4) is 0 Å². The number of aliphatic imine (C=N–C) groups is 1. The fourth-order valence-electron chi connectivity index (χ4n) is 7.20. The van der Waals surface area contributed by atoms with Gasteiger partial charge in [0.2, 0.25) is 29.5 Å². The molecule has 3 heterocycles. The van der Waals surface area contributed by atoms with Crippen molar-refractivity contribution in [3.05, 3.63) is 0 Å². The molecule has 0 spiro atoms. The summed E-state index contributed by atoms with van der Waals surface area (Å²) in [6, 6.07) is -4.65. The third-order valence-electron chi connectivity index (χ3n) is 10.6. The Bertz CT molecular complexity index is 1500. The molecule has 3 aliphatic rings. The molecule has 0 aliphatic carbocycles. The Labute approximate surface area is 360 Å². The highest BCUT2D eigenvalue weighted by Crippen LogP contribution is 2.22. The molecule has 2 saturated heterocycles. The number of hydrogen-bond acceptors (Lipinski definition) is 19. The Kier molecular flexibility index (Phi) is 22.5. The van der Waals surface area contributed by atoms with Crippen molar-refractivity contribution in [1.82, 2.24) is 37.2 Å². The van der Waals surface area contributed by atoms with Gasteiger partial charge in [-0.25, -0.2) is 9.79 Å². The van der Waals surface area contributed by atoms with Gasteiger partial charge in [-0.1, -0.05) is 0 Å². The molecule has 2 fully saturated rings. The van der Waals surface area contributed by atoms with Crippen LogP contribution >= 0.6 is 0 Å². The number of ether oxygens (including phenoxy) is 2. The zero-order valence-corrected chi connectivity index (χ0v) is 35.2. The second-order valence-electron chi connectivity index (χ2n) is 16.1. The van der Waals surface area contributed by atoms with Gasteiger partial charge < -0.3 is 96.4 Å². The van der Waals surface area contributed by atoms with Crippen LogP contribution in [0.4, 0.5) is 4.79 Å². The minimum atomic E-state index is -1.64. The summed E-state index contributed by atoms with van der Waals surface area (Å²) in [5, 5.41) is 51.4. The summed E-state index contributed by atoms with van der Waals surface area (Å²) in [4.78, 5) is 77.6. The predicted molar refractivity (Wildman–Crippen MR) is 224 cm³/mol. The number of β-amino-alcohol motifs (C(OH)–C–C–N with tert-alkyl or cyclic N) is 1. The fourth-order valence-corrected chi connectivity index (χ4v) is 7.20. The van der Waals surface area contributed by atoms with Gasteiger partial charge in [-0.15, -0.1) is 0 Å². The first-order valence-corrected chi connectivity index (χ1v) is 21.3. The number of guanidine groups is 1. The van der Waals surface area contributed by atoms with E-state index in [1.54, 1.807) is 0 Å². The first kappa shape index (κ1) is 51.9. The quantitative estimate of drug-likeness (QED) is 0.0341. The second-order valence-corrected chi connectivity index (χ2v) is 16.1. The van der Waals surface area contributed by atoms with E-state index in [9.17, 15) is 44.1 Å². The maximum absolute atomic E-state index is 13.1. The molecule has 0 aromatic carbocycles. The molecule has 354 valence electrons. The topological polar surface area (TPSA) is 434 Å². The van der Waals surface area contributed by atoms with Crippen molar-refractivity contribution in [3.63, 3.8) is 0 Å². The zero-order chi connectivity index (χ0) is 45.8. The van der Waals surface area contributed by atoms with E-state index < -0.39 is 85.4 Å². The summed E-state index contributed by atoms with van der Waals surface area (Å²) in [6.07, 6.45) is -3.15. The van der Waals surface area contributed by atoms with E-state index in [4.69, 9.17) is 43.9 Å². The second kappa shape index (κ2) is 26.9. The standard InChI is InChI=1S/C37H70N14O11/c38-9-1-5-19(39)13-25(53)44-10-2-6-20(40)14-26(54)45-11-3-7-21(41)15-27(55)46-12-4-8-22(42)16-28(56)48-31-33(58)32(57)24(18-61-36(43)60)62-35(31)51-37-49-29-23(52)17-47-34(59)30(29)50-37/h19-24,29-33,35,52,57-58H,1-18,38-42H2,(H2,43,60)(H,44,53)(H,45,54)(H,46,55)(H,47,59)(H,48,56)(H2,49,50,51)/t19-,20-,21+,22-,23-,24+,29-,30+,31+,32-,33-,35+/m0/s1. The average molecular weight is 887 g/mol. The number of aliphatic hydroxyl groups excluding tert-OH is 3. The van der Waals surface area contributed by atoms with Crippen molar-refractivity contribution in [2.75, 3.05) is 39.3 Å². The summed E-state index contributed by atoms with van der Waals surface area (Å²) >= 11 is 0. The van der Waals surface area contributed by atoms with Crippen molar-refractivity contribution in [1.29, 1.82) is 0 Å². The van der Waals surface area contributed by atoms with Crippen LogP contribution in [0.2, 0.25) is 0 Å². The summed E-state index contributed by atoms with van der Waals surface area (Å²) in [5.41, 5.74) is 34.8. The van der Waals surface area contributed by atoms with Gasteiger partial charge >= 0.3 is 6.09 Å². The minimum absolute atomic E-state index is 0.00971. The number of carbonyl (C=O) groups is 6. The number of hydrogen-bond donors (Lipinski definition) is 16. The summed E-state index contributed by atoms with van der Waals surface area (Å²) < 4.78 is 10.6. The molecule has 0 aromatic rings. The van der Waals surface area contributed by atoms with Gasteiger partial charge in [-0.05, 0) is 57.9 Å². The minimum Gasteiger partial charge on any atom is -0.447 e. The van der Waals surface area contributed by atoms with Gasteiger partial charge in [-0.2, -0.15) is 0 Å². The highest BCUT2D eigenvalue weighted by molar-refractivity contribution is 5.92. The third-order valence-corrected chi connectivity index (χ3v) is 10.6. The Balaban J connectivity index is 1.30. The van der Waals surface area contributed by atoms with Gasteiger partial charge in [0.15, 0.2) is 18.2 Å². The molecular weight excluding hydrogens is 816 g/mol. The number of piperidine rings is 1. The Morgan fingerprint density at radius 3 is 1.71 bits per heavy atom. The van der Waals surface area contributed by atoms with Crippen LogP contribution in [0, 0.1) is 0 Å². The molecule has 0 unspecified atom stereocenters. The lowest BCUT2D eigenvalue weighted by atomic mass is 9.95. The molecule has 62 heavy (non-hydrogen) atoms. The van der Waals surface area contributed by atoms with Crippen molar-refractivity contribution >= 4 is 41.6 Å². The number of carbonyl (C=O) groups excluding carboxylic acids is 6. The molecule has 0 bridgehead atoms. The summed E-state index contributed by atoms with van der Waals surface area (Å²) in [7, 11) is 0. The Morgan fingerprint density at radius 1 is 0.758 bits per heavy atom. The van der Waals surface area contributed by atoms with Crippen molar-refractivity contribution in [2.45, 2.75) is 150 Å². The van der Waals surface area contributed by atoms with E-state index in [2.05, 4.69) is 42.2 Å². The first-order chi connectivity index (χ1) is 29.5. The Hall–Kier alpha value is -4.47. The molecule has 0 aromatic heterocycles. The van der Waals surface area contributed by atoms with Crippen LogP contribution in [-0.2, 0) is 33.4 Å². The fraction of sp³-hybridized carbons (Fsp3) is 0.811. The smallest absolute Gasteiger partial charge is 0.404 e. The maximum Gasteiger partial charge on any atom is 0.404 e. The van der Waals surface area contributed by atoms with E-state index in [-0.39, 0.29) is 74.5 Å². The van der Waals surface area contributed by atoms with Crippen LogP contribution in [0.1, 0.15) is 77.0 Å². The SMILES string of the molecule is NCCC[C@H](N)CC(=O)NCCC[C@H](N)CC(=O)NCCC[C@@H](N)CC(=O)NCCC[C@H](N)CC(=O)N[C@@H]1[C@H](O)[C@@H](O)[C@@H](COC(N)=O)O[C@H]1NC1=N[C@H]2C(=O)NC[C@H](O)[C@@H]2N1. The number of nitrogens with zero attached hydrogens (tertiary/aromatic N) is 1.